The van der Waals surface area contributed by atoms with Crippen LogP contribution >= 0.6 is 11.6 Å². The minimum Gasteiger partial charge on any atom is -0.254 e. The van der Waals surface area contributed by atoms with Gasteiger partial charge in [0.05, 0.1) is 16.0 Å². The normalized spacial score (nSPS) is 14.5. The third kappa shape index (κ3) is 4.82. The Hall–Kier alpha value is -2.04. The van der Waals surface area contributed by atoms with Crippen molar-refractivity contribution in [3.05, 3.63) is 101 Å². The molecule has 3 atom stereocenters. The van der Waals surface area contributed by atoms with Crippen molar-refractivity contribution in [1.29, 1.82) is 0 Å². The van der Waals surface area contributed by atoms with E-state index in [1.165, 1.54) is 0 Å². The fourth-order valence-electron chi connectivity index (χ4n) is 3.17. The van der Waals surface area contributed by atoms with Crippen molar-refractivity contribution in [2.24, 2.45) is 5.92 Å². The molecular formula is C22H19ClF2OS. The summed E-state index contributed by atoms with van der Waals surface area (Å²) in [5.41, 5.74) is 1.19. The molecule has 0 bridgehead atoms. The van der Waals surface area contributed by atoms with Gasteiger partial charge in [0, 0.05) is 15.5 Å². The molecule has 0 amide bonds. The Labute approximate surface area is 165 Å². The molecule has 3 unspecified atom stereocenters. The van der Waals surface area contributed by atoms with E-state index >= 15 is 0 Å². The fraction of sp³-hybridized carbons (Fsp3) is 0.182. The van der Waals surface area contributed by atoms with E-state index in [1.54, 1.807) is 24.3 Å². The van der Waals surface area contributed by atoms with Gasteiger partial charge in [-0.3, -0.25) is 4.21 Å². The van der Waals surface area contributed by atoms with Gasteiger partial charge in [0.2, 0.25) is 0 Å². The van der Waals surface area contributed by atoms with Gasteiger partial charge in [0.15, 0.2) is 0 Å². The molecule has 0 heterocycles. The molecule has 140 valence electrons. The number of halogens is 3. The molecule has 0 saturated heterocycles. The van der Waals surface area contributed by atoms with Gasteiger partial charge in [0.25, 0.3) is 0 Å². The van der Waals surface area contributed by atoms with Crippen molar-refractivity contribution in [2.75, 3.05) is 0 Å². The summed E-state index contributed by atoms with van der Waals surface area (Å²) >= 11 is 5.92. The van der Waals surface area contributed by atoms with Gasteiger partial charge >= 0.3 is 0 Å². The van der Waals surface area contributed by atoms with Crippen molar-refractivity contribution in [1.82, 2.24) is 0 Å². The van der Waals surface area contributed by atoms with Crippen LogP contribution in [0, 0.1) is 17.6 Å². The Bertz CT molecular complexity index is 929. The number of hydrogen-bond acceptors (Lipinski definition) is 1. The Balaban J connectivity index is 2.01. The monoisotopic (exact) mass is 404 g/mol. The number of benzene rings is 3. The number of hydrogen-bond donors (Lipinski definition) is 0. The lowest BCUT2D eigenvalue weighted by molar-refractivity contribution is 0.513. The first-order valence-electron chi connectivity index (χ1n) is 8.60. The average Bonchev–Trinajstić information content (AvgIpc) is 2.66. The van der Waals surface area contributed by atoms with E-state index in [4.69, 9.17) is 11.6 Å². The van der Waals surface area contributed by atoms with E-state index in [0.29, 0.717) is 16.3 Å². The van der Waals surface area contributed by atoms with Crippen LogP contribution in [-0.2, 0) is 17.2 Å². The van der Waals surface area contributed by atoms with E-state index in [0.717, 1.165) is 23.8 Å². The van der Waals surface area contributed by atoms with Crippen LogP contribution in [0.2, 0.25) is 5.02 Å². The second-order valence-corrected chi connectivity index (χ2v) is 8.52. The number of rotatable bonds is 6. The van der Waals surface area contributed by atoms with Crippen LogP contribution in [0.4, 0.5) is 8.78 Å². The zero-order valence-corrected chi connectivity index (χ0v) is 16.3. The minimum absolute atomic E-state index is 0.131. The van der Waals surface area contributed by atoms with Crippen LogP contribution in [0.1, 0.15) is 23.3 Å². The van der Waals surface area contributed by atoms with Gasteiger partial charge in [-0.2, -0.15) is 0 Å². The van der Waals surface area contributed by atoms with Crippen molar-refractivity contribution >= 4 is 22.4 Å². The first-order chi connectivity index (χ1) is 13.0. The summed E-state index contributed by atoms with van der Waals surface area (Å²) in [6.45, 7) is 1.91. The zero-order valence-electron chi connectivity index (χ0n) is 14.7. The van der Waals surface area contributed by atoms with Crippen LogP contribution < -0.4 is 0 Å². The molecule has 1 nitrogen and oxygen atoms in total. The molecule has 3 aromatic carbocycles. The summed E-state index contributed by atoms with van der Waals surface area (Å²) < 4.78 is 41.7. The van der Waals surface area contributed by atoms with Crippen LogP contribution in [-0.4, -0.2) is 4.21 Å². The summed E-state index contributed by atoms with van der Waals surface area (Å²) in [4.78, 5) is 0.535. The third-order valence-electron chi connectivity index (χ3n) is 4.46. The molecule has 0 radical (unpaired) electrons. The van der Waals surface area contributed by atoms with Crippen LogP contribution in [0.3, 0.4) is 0 Å². The Morgan fingerprint density at radius 2 is 1.63 bits per heavy atom. The Morgan fingerprint density at radius 3 is 2.30 bits per heavy atom. The predicted octanol–water partition coefficient (Wildman–Crippen LogP) is 6.35. The van der Waals surface area contributed by atoms with Gasteiger partial charge < -0.3 is 0 Å². The van der Waals surface area contributed by atoms with Gasteiger partial charge in [-0.1, -0.05) is 48.9 Å². The van der Waals surface area contributed by atoms with Crippen molar-refractivity contribution < 1.29 is 13.0 Å². The van der Waals surface area contributed by atoms with Crippen LogP contribution in [0.25, 0.3) is 0 Å². The van der Waals surface area contributed by atoms with Gasteiger partial charge in [0.1, 0.15) is 11.6 Å². The summed E-state index contributed by atoms with van der Waals surface area (Å²) in [5, 5.41) is -0.163. The van der Waals surface area contributed by atoms with E-state index < -0.39 is 27.7 Å². The Kier molecular flexibility index (Phi) is 6.40. The highest BCUT2D eigenvalue weighted by Crippen LogP contribution is 2.36. The summed E-state index contributed by atoms with van der Waals surface area (Å²) in [5.74, 6) is -1.28. The first-order valence-corrected chi connectivity index (χ1v) is 10.2. The van der Waals surface area contributed by atoms with E-state index in [9.17, 15) is 13.0 Å². The standard InChI is InChI=1S/C22H19ClF2OS/c1-15(13-16-5-3-2-4-6-16)22(20-14-18(24)9-12-21(20)25)27(26)19-10-7-17(23)8-11-19/h2-12,14-15,22H,13H2,1H3. The van der Waals surface area contributed by atoms with Crippen LogP contribution in [0.15, 0.2) is 77.7 Å². The molecule has 0 spiro atoms. The largest absolute Gasteiger partial charge is 0.254 e. The maximum absolute atomic E-state index is 14.5. The van der Waals surface area contributed by atoms with E-state index in [1.807, 2.05) is 37.3 Å². The summed E-state index contributed by atoms with van der Waals surface area (Å²) in [6, 6.07) is 19.7. The molecule has 0 N–H and O–H groups in total. The van der Waals surface area contributed by atoms with Crippen molar-refractivity contribution in [3.8, 4) is 0 Å². The second-order valence-electron chi connectivity index (χ2n) is 6.50. The molecule has 5 heteroatoms. The quantitative estimate of drug-likeness (QED) is 0.468. The summed E-state index contributed by atoms with van der Waals surface area (Å²) in [7, 11) is -1.57. The summed E-state index contributed by atoms with van der Waals surface area (Å²) in [6.07, 6.45) is 0.598. The SMILES string of the molecule is CC(Cc1ccccc1)C(c1cc(F)ccc1F)S(=O)c1ccc(Cl)cc1. The minimum atomic E-state index is -1.57. The van der Waals surface area contributed by atoms with Gasteiger partial charge in [-0.25, -0.2) is 8.78 Å². The first kappa shape index (κ1) is 19.7. The lowest BCUT2D eigenvalue weighted by atomic mass is 9.93. The molecule has 0 aromatic heterocycles. The highest BCUT2D eigenvalue weighted by atomic mass is 35.5. The molecule has 3 rings (SSSR count). The lowest BCUT2D eigenvalue weighted by Crippen LogP contribution is -2.19. The molecule has 0 aliphatic heterocycles. The maximum atomic E-state index is 14.5. The molecule has 0 saturated carbocycles. The maximum Gasteiger partial charge on any atom is 0.127 e. The molecule has 0 aliphatic carbocycles. The van der Waals surface area contributed by atoms with E-state index in [-0.39, 0.29) is 11.5 Å². The third-order valence-corrected chi connectivity index (χ3v) is 6.63. The Morgan fingerprint density at radius 1 is 0.963 bits per heavy atom. The van der Waals surface area contributed by atoms with Crippen LogP contribution in [0.5, 0.6) is 0 Å². The highest BCUT2D eigenvalue weighted by molar-refractivity contribution is 7.85. The fourth-order valence-corrected chi connectivity index (χ4v) is 4.93. The smallest absolute Gasteiger partial charge is 0.127 e. The molecule has 0 fully saturated rings. The average molecular weight is 405 g/mol. The highest BCUT2D eigenvalue weighted by Gasteiger charge is 2.29. The molecule has 3 aromatic rings. The zero-order chi connectivity index (χ0) is 19.4. The van der Waals surface area contributed by atoms with Crippen molar-refractivity contribution in [3.63, 3.8) is 0 Å². The molecule has 27 heavy (non-hydrogen) atoms. The van der Waals surface area contributed by atoms with Crippen molar-refractivity contribution in [2.45, 2.75) is 23.5 Å². The molecule has 0 aliphatic rings. The van der Waals surface area contributed by atoms with E-state index in [2.05, 4.69) is 0 Å². The molecular weight excluding hydrogens is 386 g/mol. The second kappa shape index (κ2) is 8.77. The van der Waals surface area contributed by atoms with Gasteiger partial charge in [-0.05, 0) is 60.4 Å². The predicted molar refractivity (Wildman–Crippen MR) is 106 cm³/mol. The van der Waals surface area contributed by atoms with Gasteiger partial charge in [-0.15, -0.1) is 0 Å². The topological polar surface area (TPSA) is 17.1 Å². The lowest BCUT2D eigenvalue weighted by Gasteiger charge is -2.25.